The van der Waals surface area contributed by atoms with E-state index in [0.29, 0.717) is 24.7 Å². The van der Waals surface area contributed by atoms with Crippen molar-refractivity contribution < 1.29 is 14.3 Å². The van der Waals surface area contributed by atoms with Gasteiger partial charge in [-0.25, -0.2) is 9.67 Å². The van der Waals surface area contributed by atoms with Gasteiger partial charge in [-0.1, -0.05) is 43.4 Å². The van der Waals surface area contributed by atoms with E-state index in [1.165, 1.54) is 5.56 Å². The lowest BCUT2D eigenvalue weighted by molar-refractivity contribution is 0.122. The largest absolute Gasteiger partial charge is 0.462 e. The van der Waals surface area contributed by atoms with E-state index >= 15 is 0 Å². The predicted molar refractivity (Wildman–Crippen MR) is 133 cm³/mol. The van der Waals surface area contributed by atoms with Crippen molar-refractivity contribution >= 4 is 30.2 Å². The molecule has 1 aromatic carbocycles. The van der Waals surface area contributed by atoms with Crippen LogP contribution in [0.3, 0.4) is 0 Å². The summed E-state index contributed by atoms with van der Waals surface area (Å²) in [6.45, 7) is 11.7. The Labute approximate surface area is 194 Å². The first kappa shape index (κ1) is 21.9. The zero-order valence-electron chi connectivity index (χ0n) is 19.6. The molecule has 0 unspecified atom stereocenters. The molecule has 0 aliphatic carbocycles. The molecule has 4 heterocycles. The highest BCUT2D eigenvalue weighted by atomic mass is 28.3. The smallest absolute Gasteiger partial charge is 0.175 e. The number of aryl methyl sites for hydroxylation is 1. The van der Waals surface area contributed by atoms with Crippen LogP contribution in [0.25, 0.3) is 28.2 Å². The van der Waals surface area contributed by atoms with Gasteiger partial charge in [-0.2, -0.15) is 5.10 Å². The molecule has 7 nitrogen and oxygen atoms in total. The molecule has 3 aromatic heterocycles. The topological polar surface area (TPSA) is 76.5 Å². The van der Waals surface area contributed by atoms with Crippen molar-refractivity contribution in [3.63, 3.8) is 0 Å². The first-order valence-corrected chi connectivity index (χ1v) is 14.9. The second kappa shape index (κ2) is 8.44. The fraction of sp³-hybridized carbons (Fsp3) is 0.360. The molecular weight excluding hydrogens is 432 g/mol. The number of aromatic nitrogens is 3. The molecule has 33 heavy (non-hydrogen) atoms. The summed E-state index contributed by atoms with van der Waals surface area (Å²) in [5.41, 5.74) is 6.32. The molecule has 8 heteroatoms. The maximum atomic E-state index is 10.1. The number of nitrogens with zero attached hydrogens (tertiary/aromatic N) is 4. The fourth-order valence-electron chi connectivity index (χ4n) is 4.18. The highest BCUT2D eigenvalue weighted by Crippen LogP contribution is 2.31. The van der Waals surface area contributed by atoms with Crippen LogP contribution in [0.5, 0.6) is 0 Å². The molecule has 0 radical (unpaired) electrons. The number of aliphatic hydroxyl groups excluding tert-OH is 1. The molecule has 172 valence electrons. The molecule has 1 N–H and O–H groups in total. The molecule has 0 saturated carbocycles. The van der Waals surface area contributed by atoms with Gasteiger partial charge in [0.25, 0.3) is 0 Å². The normalized spacial score (nSPS) is 14.9. The maximum Gasteiger partial charge on any atom is 0.175 e. The Balaban J connectivity index is 1.68. The van der Waals surface area contributed by atoms with Crippen LogP contribution < -0.4 is 10.3 Å². The van der Waals surface area contributed by atoms with Gasteiger partial charge in [0.15, 0.2) is 11.4 Å². The zero-order valence-corrected chi connectivity index (χ0v) is 20.6. The summed E-state index contributed by atoms with van der Waals surface area (Å²) >= 11 is 0. The molecule has 5 rings (SSSR count). The van der Waals surface area contributed by atoms with E-state index in [-0.39, 0.29) is 6.61 Å². The summed E-state index contributed by atoms with van der Waals surface area (Å²) in [5, 5.41) is 16.0. The third kappa shape index (κ3) is 4.21. The van der Waals surface area contributed by atoms with E-state index in [4.69, 9.17) is 19.2 Å². The third-order valence-corrected chi connectivity index (χ3v) is 7.74. The lowest BCUT2D eigenvalue weighted by Gasteiger charge is -2.29. The number of anilines is 1. The van der Waals surface area contributed by atoms with Gasteiger partial charge in [-0.05, 0) is 19.1 Å². The van der Waals surface area contributed by atoms with Crippen LogP contribution in [-0.4, -0.2) is 54.2 Å². The second-order valence-electron chi connectivity index (χ2n) is 9.63. The maximum absolute atomic E-state index is 10.1. The molecule has 0 amide bonds. The molecule has 0 bridgehead atoms. The summed E-state index contributed by atoms with van der Waals surface area (Å²) in [5.74, 6) is 0.676. The van der Waals surface area contributed by atoms with Crippen LogP contribution >= 0.6 is 0 Å². The monoisotopic (exact) mass is 462 g/mol. The van der Waals surface area contributed by atoms with Gasteiger partial charge in [0.2, 0.25) is 0 Å². The van der Waals surface area contributed by atoms with Gasteiger partial charge in [0.1, 0.15) is 13.6 Å². The van der Waals surface area contributed by atoms with Gasteiger partial charge in [-0.3, -0.25) is 0 Å². The highest BCUT2D eigenvalue weighted by molar-refractivity contribution is 6.87. The van der Waals surface area contributed by atoms with Crippen molar-refractivity contribution in [3.05, 3.63) is 53.7 Å². The number of fused-ring (bicyclic) bond motifs is 1. The van der Waals surface area contributed by atoms with E-state index in [1.54, 1.807) is 4.68 Å². The van der Waals surface area contributed by atoms with Crippen LogP contribution in [0.2, 0.25) is 19.6 Å². The van der Waals surface area contributed by atoms with Crippen LogP contribution in [0.4, 0.5) is 5.69 Å². The summed E-state index contributed by atoms with van der Waals surface area (Å²) < 4.78 is 13.7. The van der Waals surface area contributed by atoms with Gasteiger partial charge in [0, 0.05) is 30.8 Å². The molecule has 1 aliphatic rings. The number of pyridine rings is 1. The Morgan fingerprint density at radius 1 is 1.06 bits per heavy atom. The van der Waals surface area contributed by atoms with Gasteiger partial charge in [-0.15, -0.1) is 0 Å². The highest BCUT2D eigenvalue weighted by Gasteiger charge is 2.26. The van der Waals surface area contributed by atoms with Crippen molar-refractivity contribution in [2.75, 3.05) is 31.2 Å². The number of hydrogen-bond donors (Lipinski definition) is 1. The van der Waals surface area contributed by atoms with E-state index < -0.39 is 8.07 Å². The van der Waals surface area contributed by atoms with E-state index in [0.717, 1.165) is 46.5 Å². The zero-order chi connectivity index (χ0) is 23.2. The summed E-state index contributed by atoms with van der Waals surface area (Å²) in [6.07, 6.45) is 0. The van der Waals surface area contributed by atoms with E-state index in [9.17, 15) is 5.11 Å². The Morgan fingerprint density at radius 2 is 1.85 bits per heavy atom. The minimum atomic E-state index is -1.66. The number of morpholine rings is 1. The standard InChI is InChI=1S/C25H30N4O3Si/c1-17-6-5-7-18(12-17)20-13-19(16-30)29(27-20)23-15-22(28-8-10-31-11-9-28)25-21(26-23)14-24(32-25)33(2,3)4/h5-7,12-15,30H,8-11,16H2,1-4H3. The van der Waals surface area contributed by atoms with Gasteiger partial charge < -0.3 is 19.2 Å². The first-order chi connectivity index (χ1) is 15.8. The Kier molecular flexibility index (Phi) is 5.60. The lowest BCUT2D eigenvalue weighted by Crippen LogP contribution is -2.37. The van der Waals surface area contributed by atoms with E-state index in [1.807, 2.05) is 24.3 Å². The van der Waals surface area contributed by atoms with Crippen LogP contribution in [0.1, 0.15) is 11.3 Å². The van der Waals surface area contributed by atoms with Crippen LogP contribution in [0.15, 0.2) is 46.9 Å². The quantitative estimate of drug-likeness (QED) is 0.454. The van der Waals surface area contributed by atoms with Crippen molar-refractivity contribution in [2.45, 2.75) is 33.2 Å². The predicted octanol–water partition coefficient (Wildman–Crippen LogP) is 3.86. The summed E-state index contributed by atoms with van der Waals surface area (Å²) in [7, 11) is -1.66. The number of rotatable bonds is 5. The Morgan fingerprint density at radius 3 is 2.55 bits per heavy atom. The number of furan rings is 1. The lowest BCUT2D eigenvalue weighted by atomic mass is 10.1. The number of benzene rings is 1. The second-order valence-corrected chi connectivity index (χ2v) is 14.6. The fourth-order valence-corrected chi connectivity index (χ4v) is 5.16. The number of aliphatic hydroxyl groups is 1. The Bertz CT molecular complexity index is 1300. The molecule has 0 spiro atoms. The molecule has 1 aliphatic heterocycles. The Hall–Kier alpha value is -2.94. The summed E-state index contributed by atoms with van der Waals surface area (Å²) in [6, 6.07) is 14.2. The molecule has 1 fully saturated rings. The molecule has 0 atom stereocenters. The molecular formula is C25H30N4O3Si. The average Bonchev–Trinajstić information content (AvgIpc) is 3.43. The molecule has 4 aromatic rings. The number of ether oxygens (including phenoxy) is 1. The van der Waals surface area contributed by atoms with Crippen LogP contribution in [-0.2, 0) is 11.3 Å². The average molecular weight is 463 g/mol. The number of hydrogen-bond acceptors (Lipinski definition) is 6. The van der Waals surface area contributed by atoms with Crippen LogP contribution in [0, 0.1) is 6.92 Å². The van der Waals surface area contributed by atoms with Crippen molar-refractivity contribution in [3.8, 4) is 17.1 Å². The third-order valence-electron chi connectivity index (χ3n) is 6.01. The van der Waals surface area contributed by atoms with Crippen molar-refractivity contribution in [1.82, 2.24) is 14.8 Å². The van der Waals surface area contributed by atoms with Gasteiger partial charge >= 0.3 is 0 Å². The van der Waals surface area contributed by atoms with E-state index in [2.05, 4.69) is 49.7 Å². The summed E-state index contributed by atoms with van der Waals surface area (Å²) in [4.78, 5) is 7.22. The molecule has 1 saturated heterocycles. The first-order valence-electron chi connectivity index (χ1n) is 11.4. The SMILES string of the molecule is Cc1cccc(-c2cc(CO)n(-c3cc(N4CCOCC4)c4oc([Si](C)(C)C)cc4n3)n2)c1. The van der Waals surface area contributed by atoms with Gasteiger partial charge in [0.05, 0.1) is 42.3 Å². The minimum Gasteiger partial charge on any atom is -0.462 e. The minimum absolute atomic E-state index is 0.128. The van der Waals surface area contributed by atoms with Crippen molar-refractivity contribution in [2.24, 2.45) is 0 Å². The van der Waals surface area contributed by atoms with Crippen molar-refractivity contribution in [1.29, 1.82) is 0 Å².